The van der Waals surface area contributed by atoms with E-state index in [1.165, 1.54) is 4.80 Å². The monoisotopic (exact) mass is 231 g/mol. The first-order valence-corrected chi connectivity index (χ1v) is 5.24. The third-order valence-corrected chi connectivity index (χ3v) is 2.56. The first-order chi connectivity index (χ1) is 7.99. The second kappa shape index (κ2) is 4.01. The van der Waals surface area contributed by atoms with Crippen molar-refractivity contribution in [2.24, 2.45) is 0 Å². The number of aromatic nitrogens is 3. The van der Waals surface area contributed by atoms with Crippen molar-refractivity contribution < 1.29 is 9.90 Å². The first kappa shape index (κ1) is 11.3. The molecule has 17 heavy (non-hydrogen) atoms. The van der Waals surface area contributed by atoms with E-state index in [9.17, 15) is 4.79 Å². The Morgan fingerprint density at radius 2 is 1.94 bits per heavy atom. The van der Waals surface area contributed by atoms with E-state index in [-0.39, 0.29) is 5.69 Å². The van der Waals surface area contributed by atoms with Crippen molar-refractivity contribution in [2.75, 3.05) is 0 Å². The van der Waals surface area contributed by atoms with E-state index in [0.29, 0.717) is 5.69 Å². The van der Waals surface area contributed by atoms with Crippen molar-refractivity contribution in [1.29, 1.82) is 0 Å². The lowest BCUT2D eigenvalue weighted by molar-refractivity contribution is 0.0689. The molecule has 1 aromatic heterocycles. The lowest BCUT2D eigenvalue weighted by Crippen LogP contribution is -2.04. The second-order valence-electron chi connectivity index (χ2n) is 4.02. The number of carboxylic acid groups (broad SMARTS) is 1. The molecule has 0 saturated heterocycles. The normalized spacial score (nSPS) is 10.5. The van der Waals surface area contributed by atoms with Gasteiger partial charge in [-0.3, -0.25) is 0 Å². The van der Waals surface area contributed by atoms with Gasteiger partial charge in [0.05, 0.1) is 11.4 Å². The van der Waals surface area contributed by atoms with Gasteiger partial charge in [0, 0.05) is 0 Å². The number of carboxylic acids is 1. The molecular formula is C12H13N3O2. The molecule has 0 spiro atoms. The average molecular weight is 231 g/mol. The van der Waals surface area contributed by atoms with Crippen molar-refractivity contribution in [3.8, 4) is 5.69 Å². The second-order valence-corrected chi connectivity index (χ2v) is 4.02. The highest BCUT2D eigenvalue weighted by Gasteiger charge is 2.15. The number of carbonyl (C=O) groups is 1. The van der Waals surface area contributed by atoms with Crippen LogP contribution in [0.2, 0.25) is 0 Å². The standard InChI is InChI=1S/C12H13N3O2/c1-7-4-5-8(2)10(6-7)15-13-9(3)11(14-15)12(16)17/h4-6H,1-3H3,(H,16,17). The third kappa shape index (κ3) is 2.04. The van der Waals surface area contributed by atoms with Crippen molar-refractivity contribution in [1.82, 2.24) is 15.0 Å². The number of hydrogen-bond acceptors (Lipinski definition) is 3. The van der Waals surface area contributed by atoms with Gasteiger partial charge in [-0.05, 0) is 38.0 Å². The minimum atomic E-state index is -1.06. The molecule has 5 heteroatoms. The summed E-state index contributed by atoms with van der Waals surface area (Å²) in [5.41, 5.74) is 3.30. The Kier molecular flexibility index (Phi) is 2.67. The van der Waals surface area contributed by atoms with E-state index in [4.69, 9.17) is 5.11 Å². The summed E-state index contributed by atoms with van der Waals surface area (Å²) in [6.45, 7) is 5.55. The van der Waals surface area contributed by atoms with Gasteiger partial charge in [-0.2, -0.15) is 9.90 Å². The van der Waals surface area contributed by atoms with Gasteiger partial charge in [-0.25, -0.2) is 4.79 Å². The van der Waals surface area contributed by atoms with Crippen LogP contribution in [0.4, 0.5) is 0 Å². The number of nitrogens with zero attached hydrogens (tertiary/aromatic N) is 3. The molecule has 0 aliphatic heterocycles. The molecule has 0 aliphatic rings. The highest BCUT2D eigenvalue weighted by Crippen LogP contribution is 2.15. The molecule has 0 atom stereocenters. The molecule has 1 N–H and O–H groups in total. The predicted molar refractivity (Wildman–Crippen MR) is 62.5 cm³/mol. The molecule has 2 rings (SSSR count). The first-order valence-electron chi connectivity index (χ1n) is 5.24. The minimum Gasteiger partial charge on any atom is -0.476 e. The van der Waals surface area contributed by atoms with Crippen LogP contribution in [0.5, 0.6) is 0 Å². The lowest BCUT2D eigenvalue weighted by Gasteiger charge is -2.04. The zero-order chi connectivity index (χ0) is 12.6. The van der Waals surface area contributed by atoms with Gasteiger partial charge in [0.15, 0.2) is 5.69 Å². The summed E-state index contributed by atoms with van der Waals surface area (Å²) in [6, 6.07) is 5.89. The van der Waals surface area contributed by atoms with Crippen molar-refractivity contribution >= 4 is 5.97 Å². The maximum atomic E-state index is 10.9. The van der Waals surface area contributed by atoms with Gasteiger partial charge in [-0.15, -0.1) is 5.10 Å². The summed E-state index contributed by atoms with van der Waals surface area (Å²) < 4.78 is 0. The molecule has 0 saturated carbocycles. The molecule has 88 valence electrons. The van der Waals surface area contributed by atoms with E-state index in [0.717, 1.165) is 16.8 Å². The summed E-state index contributed by atoms with van der Waals surface area (Å²) in [6.07, 6.45) is 0. The Bertz CT molecular complexity index is 587. The summed E-state index contributed by atoms with van der Waals surface area (Å²) in [5.74, 6) is -1.06. The molecular weight excluding hydrogens is 218 g/mol. The van der Waals surface area contributed by atoms with Crippen LogP contribution >= 0.6 is 0 Å². The number of benzene rings is 1. The maximum Gasteiger partial charge on any atom is 0.358 e. The van der Waals surface area contributed by atoms with Crippen LogP contribution in [0.3, 0.4) is 0 Å². The number of aryl methyl sites for hydroxylation is 3. The molecule has 5 nitrogen and oxygen atoms in total. The van der Waals surface area contributed by atoms with Crippen LogP contribution in [0.15, 0.2) is 18.2 Å². The molecule has 0 bridgehead atoms. The van der Waals surface area contributed by atoms with Crippen molar-refractivity contribution in [3.63, 3.8) is 0 Å². The zero-order valence-electron chi connectivity index (χ0n) is 9.93. The van der Waals surface area contributed by atoms with Crippen LogP contribution in [0.25, 0.3) is 5.69 Å². The van der Waals surface area contributed by atoms with Gasteiger partial charge in [-0.1, -0.05) is 12.1 Å². The number of hydrogen-bond donors (Lipinski definition) is 1. The molecule has 0 amide bonds. The third-order valence-electron chi connectivity index (χ3n) is 2.56. The largest absolute Gasteiger partial charge is 0.476 e. The minimum absolute atomic E-state index is 0.00842. The Morgan fingerprint density at radius 1 is 1.24 bits per heavy atom. The van der Waals surface area contributed by atoms with Crippen LogP contribution in [-0.2, 0) is 0 Å². The summed E-state index contributed by atoms with van der Waals surface area (Å²) >= 11 is 0. The maximum absolute atomic E-state index is 10.9. The van der Waals surface area contributed by atoms with Crippen LogP contribution < -0.4 is 0 Å². The number of aromatic carboxylic acids is 1. The smallest absolute Gasteiger partial charge is 0.358 e. The van der Waals surface area contributed by atoms with E-state index in [1.54, 1.807) is 6.92 Å². The van der Waals surface area contributed by atoms with Gasteiger partial charge in [0.2, 0.25) is 0 Å². The molecule has 1 aromatic carbocycles. The highest BCUT2D eigenvalue weighted by molar-refractivity contribution is 5.86. The van der Waals surface area contributed by atoms with Crippen molar-refractivity contribution in [2.45, 2.75) is 20.8 Å². The average Bonchev–Trinajstić information content (AvgIpc) is 2.64. The van der Waals surface area contributed by atoms with E-state index in [1.807, 2.05) is 32.0 Å². The fourth-order valence-corrected chi connectivity index (χ4v) is 1.62. The van der Waals surface area contributed by atoms with Crippen LogP contribution in [0.1, 0.15) is 27.3 Å². The van der Waals surface area contributed by atoms with Gasteiger partial charge in [0.1, 0.15) is 0 Å². The van der Waals surface area contributed by atoms with E-state index < -0.39 is 5.97 Å². The lowest BCUT2D eigenvalue weighted by atomic mass is 10.1. The predicted octanol–water partition coefficient (Wildman–Crippen LogP) is 1.89. The van der Waals surface area contributed by atoms with Crippen molar-refractivity contribution in [3.05, 3.63) is 40.7 Å². The fourth-order valence-electron chi connectivity index (χ4n) is 1.62. The van der Waals surface area contributed by atoms with E-state index in [2.05, 4.69) is 10.2 Å². The fraction of sp³-hybridized carbons (Fsp3) is 0.250. The zero-order valence-corrected chi connectivity index (χ0v) is 9.93. The van der Waals surface area contributed by atoms with E-state index >= 15 is 0 Å². The Labute approximate surface area is 98.7 Å². The number of rotatable bonds is 2. The quantitative estimate of drug-likeness (QED) is 0.857. The summed E-state index contributed by atoms with van der Waals surface area (Å²) in [4.78, 5) is 12.3. The molecule has 0 unspecified atom stereocenters. The van der Waals surface area contributed by atoms with Crippen LogP contribution in [0, 0.1) is 20.8 Å². The molecule has 0 fully saturated rings. The topological polar surface area (TPSA) is 68.0 Å². The molecule has 0 radical (unpaired) electrons. The van der Waals surface area contributed by atoms with Gasteiger partial charge < -0.3 is 5.11 Å². The Hall–Kier alpha value is -2.17. The Morgan fingerprint density at radius 3 is 2.53 bits per heavy atom. The molecule has 2 aromatic rings. The van der Waals surface area contributed by atoms with Crippen LogP contribution in [-0.4, -0.2) is 26.1 Å². The van der Waals surface area contributed by atoms with Gasteiger partial charge >= 0.3 is 5.97 Å². The summed E-state index contributed by atoms with van der Waals surface area (Å²) in [7, 11) is 0. The SMILES string of the molecule is Cc1ccc(C)c(-n2nc(C)c(C(=O)O)n2)c1. The molecule has 0 aliphatic carbocycles. The Balaban J connectivity index is 2.57. The highest BCUT2D eigenvalue weighted by atomic mass is 16.4. The summed E-state index contributed by atoms with van der Waals surface area (Å²) in [5, 5.41) is 17.1. The van der Waals surface area contributed by atoms with Gasteiger partial charge in [0.25, 0.3) is 0 Å². The molecule has 1 heterocycles.